The van der Waals surface area contributed by atoms with E-state index in [9.17, 15) is 19.2 Å². The molecule has 0 bridgehead atoms. The maximum atomic E-state index is 12.5. The van der Waals surface area contributed by atoms with Gasteiger partial charge in [0.25, 0.3) is 5.91 Å². The fourth-order valence-electron chi connectivity index (χ4n) is 3.06. The zero-order chi connectivity index (χ0) is 22.8. The molecule has 2 rings (SSSR count). The lowest BCUT2D eigenvalue weighted by molar-refractivity contribution is -0.129. The SMILES string of the molecule is Cn1c(C(=O)NCC(=O)N[C@@H](CCC(=O)NN)C(=O)NCCCN)cc2ccccc21. The number of nitrogens with zero attached hydrogens (tertiary/aromatic N) is 1. The molecule has 0 aliphatic carbocycles. The summed E-state index contributed by atoms with van der Waals surface area (Å²) in [6.07, 6.45) is 0.588. The third-order valence-electron chi connectivity index (χ3n) is 4.75. The third kappa shape index (κ3) is 6.79. The monoisotopic (exact) mass is 431 g/mol. The molecule has 0 fully saturated rings. The summed E-state index contributed by atoms with van der Waals surface area (Å²) in [5.74, 6) is 3.19. The first-order valence-corrected chi connectivity index (χ1v) is 9.96. The fraction of sp³-hybridized carbons (Fsp3) is 0.400. The Morgan fingerprint density at radius 2 is 1.84 bits per heavy atom. The van der Waals surface area contributed by atoms with Crippen LogP contribution in [0.2, 0.25) is 0 Å². The van der Waals surface area contributed by atoms with Crippen molar-refractivity contribution >= 4 is 34.5 Å². The molecule has 168 valence electrons. The van der Waals surface area contributed by atoms with Crippen LogP contribution < -0.4 is 33.0 Å². The summed E-state index contributed by atoms with van der Waals surface area (Å²) in [5, 5.41) is 8.67. The van der Waals surface area contributed by atoms with Gasteiger partial charge in [-0.1, -0.05) is 18.2 Å². The molecule has 0 aliphatic heterocycles. The van der Waals surface area contributed by atoms with Crippen molar-refractivity contribution in [1.29, 1.82) is 0 Å². The van der Waals surface area contributed by atoms with Crippen molar-refractivity contribution in [2.45, 2.75) is 25.3 Å². The molecule has 4 amide bonds. The fourth-order valence-corrected chi connectivity index (χ4v) is 3.06. The van der Waals surface area contributed by atoms with Crippen molar-refractivity contribution in [2.75, 3.05) is 19.6 Å². The second-order valence-corrected chi connectivity index (χ2v) is 6.99. The van der Waals surface area contributed by atoms with Crippen LogP contribution in [0, 0.1) is 0 Å². The van der Waals surface area contributed by atoms with Crippen molar-refractivity contribution in [2.24, 2.45) is 18.6 Å². The Morgan fingerprint density at radius 3 is 2.52 bits per heavy atom. The first-order chi connectivity index (χ1) is 14.9. The van der Waals surface area contributed by atoms with Gasteiger partial charge in [0.15, 0.2) is 0 Å². The summed E-state index contributed by atoms with van der Waals surface area (Å²) in [6.45, 7) is 0.436. The smallest absolute Gasteiger partial charge is 0.268 e. The molecule has 0 saturated heterocycles. The lowest BCUT2D eigenvalue weighted by atomic mass is 10.1. The molecular formula is C20H29N7O4. The van der Waals surface area contributed by atoms with Crippen LogP contribution in [0.5, 0.6) is 0 Å². The molecular weight excluding hydrogens is 402 g/mol. The topological polar surface area (TPSA) is 173 Å². The van der Waals surface area contributed by atoms with Crippen molar-refractivity contribution in [3.8, 4) is 0 Å². The molecule has 0 aliphatic rings. The summed E-state index contributed by atoms with van der Waals surface area (Å²) in [6, 6.07) is 8.33. The van der Waals surface area contributed by atoms with Crippen LogP contribution in [-0.4, -0.2) is 53.9 Å². The Labute approximate surface area is 179 Å². The Hall–Kier alpha value is -3.44. The van der Waals surface area contributed by atoms with E-state index in [-0.39, 0.29) is 19.4 Å². The highest BCUT2D eigenvalue weighted by molar-refractivity contribution is 6.00. The number of para-hydroxylation sites is 1. The number of aryl methyl sites for hydroxylation is 1. The van der Waals surface area contributed by atoms with Gasteiger partial charge in [-0.25, -0.2) is 5.84 Å². The van der Waals surface area contributed by atoms with Crippen LogP contribution in [0.3, 0.4) is 0 Å². The van der Waals surface area contributed by atoms with E-state index in [2.05, 4.69) is 16.0 Å². The van der Waals surface area contributed by atoms with Gasteiger partial charge in [-0.2, -0.15) is 0 Å². The average Bonchev–Trinajstić information content (AvgIpc) is 3.11. The number of amides is 4. The third-order valence-corrected chi connectivity index (χ3v) is 4.75. The minimum Gasteiger partial charge on any atom is -0.354 e. The molecule has 0 spiro atoms. The van der Waals surface area contributed by atoms with E-state index in [0.29, 0.717) is 25.2 Å². The molecule has 1 atom stereocenters. The van der Waals surface area contributed by atoms with E-state index >= 15 is 0 Å². The first-order valence-electron chi connectivity index (χ1n) is 9.96. The number of nitrogens with two attached hydrogens (primary N) is 2. The second-order valence-electron chi connectivity index (χ2n) is 6.99. The summed E-state index contributed by atoms with van der Waals surface area (Å²) in [7, 11) is 1.77. The summed E-state index contributed by atoms with van der Waals surface area (Å²) in [5.41, 5.74) is 8.69. The number of aromatic nitrogens is 1. The van der Waals surface area contributed by atoms with Crippen LogP contribution in [0.25, 0.3) is 10.9 Å². The largest absolute Gasteiger partial charge is 0.354 e. The predicted molar refractivity (Wildman–Crippen MR) is 115 cm³/mol. The van der Waals surface area contributed by atoms with Gasteiger partial charge < -0.3 is 26.3 Å². The van der Waals surface area contributed by atoms with Gasteiger partial charge in [0.2, 0.25) is 17.7 Å². The molecule has 1 aromatic heterocycles. The van der Waals surface area contributed by atoms with Crippen LogP contribution in [-0.2, 0) is 21.4 Å². The quantitative estimate of drug-likeness (QED) is 0.111. The Kier molecular flexibility index (Phi) is 8.97. The molecule has 0 radical (unpaired) electrons. The molecule has 1 aromatic carbocycles. The highest BCUT2D eigenvalue weighted by Crippen LogP contribution is 2.18. The number of nitrogens with one attached hydrogen (secondary N) is 4. The Morgan fingerprint density at radius 1 is 1.10 bits per heavy atom. The van der Waals surface area contributed by atoms with Crippen LogP contribution in [0.4, 0.5) is 0 Å². The number of hydrogen-bond donors (Lipinski definition) is 6. The van der Waals surface area contributed by atoms with E-state index in [1.165, 1.54) is 0 Å². The number of rotatable bonds is 11. The molecule has 0 unspecified atom stereocenters. The number of hydrogen-bond acceptors (Lipinski definition) is 6. The predicted octanol–water partition coefficient (Wildman–Crippen LogP) is -1.37. The van der Waals surface area contributed by atoms with Crippen LogP contribution in [0.15, 0.2) is 30.3 Å². The standard InChI is InChI=1S/C20H29N7O4/c1-27-15-6-3-2-5-13(15)11-16(27)20(31)24-12-18(29)25-14(7-8-17(28)26-22)19(30)23-10-4-9-21/h2-3,5-6,11,14H,4,7-10,12,21-22H2,1H3,(H,23,30)(H,24,31)(H,25,29)(H,26,28)/t14-/m0/s1. The van der Waals surface area contributed by atoms with E-state index < -0.39 is 29.7 Å². The minimum atomic E-state index is -0.947. The van der Waals surface area contributed by atoms with Crippen molar-refractivity contribution < 1.29 is 19.2 Å². The summed E-state index contributed by atoms with van der Waals surface area (Å²) in [4.78, 5) is 48.6. The number of carbonyl (C=O) groups is 4. The summed E-state index contributed by atoms with van der Waals surface area (Å²) < 4.78 is 1.74. The van der Waals surface area contributed by atoms with Crippen molar-refractivity contribution in [3.63, 3.8) is 0 Å². The zero-order valence-corrected chi connectivity index (χ0v) is 17.4. The maximum Gasteiger partial charge on any atom is 0.268 e. The van der Waals surface area contributed by atoms with Crippen LogP contribution in [0.1, 0.15) is 29.8 Å². The number of hydrazine groups is 1. The molecule has 8 N–H and O–H groups in total. The molecule has 31 heavy (non-hydrogen) atoms. The second kappa shape index (κ2) is 11.7. The normalized spacial score (nSPS) is 11.6. The van der Waals surface area contributed by atoms with E-state index in [1.807, 2.05) is 29.7 Å². The summed E-state index contributed by atoms with van der Waals surface area (Å²) >= 11 is 0. The van der Waals surface area contributed by atoms with Gasteiger partial charge in [-0.3, -0.25) is 24.6 Å². The maximum absolute atomic E-state index is 12.5. The molecule has 1 heterocycles. The Bertz CT molecular complexity index is 941. The minimum absolute atomic E-state index is 0.0476. The first kappa shape index (κ1) is 23.8. The van der Waals surface area contributed by atoms with Gasteiger partial charge >= 0.3 is 0 Å². The number of carbonyl (C=O) groups excluding carboxylic acids is 4. The van der Waals surface area contributed by atoms with E-state index in [0.717, 1.165) is 10.9 Å². The number of fused-ring (bicyclic) bond motifs is 1. The van der Waals surface area contributed by atoms with Crippen molar-refractivity contribution in [3.05, 3.63) is 36.0 Å². The Balaban J connectivity index is 1.95. The molecule has 11 heteroatoms. The molecule has 0 saturated carbocycles. The average molecular weight is 431 g/mol. The highest BCUT2D eigenvalue weighted by atomic mass is 16.2. The zero-order valence-electron chi connectivity index (χ0n) is 17.4. The van der Waals surface area contributed by atoms with Gasteiger partial charge in [0.1, 0.15) is 11.7 Å². The van der Waals surface area contributed by atoms with Gasteiger partial charge in [0, 0.05) is 30.9 Å². The van der Waals surface area contributed by atoms with Gasteiger partial charge in [-0.15, -0.1) is 0 Å². The van der Waals surface area contributed by atoms with Crippen molar-refractivity contribution in [1.82, 2.24) is 25.9 Å². The molecule has 11 nitrogen and oxygen atoms in total. The van der Waals surface area contributed by atoms with E-state index in [4.69, 9.17) is 11.6 Å². The van der Waals surface area contributed by atoms with E-state index in [1.54, 1.807) is 17.7 Å². The van der Waals surface area contributed by atoms with Gasteiger partial charge in [0.05, 0.1) is 6.54 Å². The van der Waals surface area contributed by atoms with Gasteiger partial charge in [-0.05, 0) is 31.5 Å². The number of benzene rings is 1. The molecule has 2 aromatic rings. The lowest BCUT2D eigenvalue weighted by Gasteiger charge is -2.18. The lowest BCUT2D eigenvalue weighted by Crippen LogP contribution is -2.50. The highest BCUT2D eigenvalue weighted by Gasteiger charge is 2.22. The van der Waals surface area contributed by atoms with Crippen LogP contribution >= 0.6 is 0 Å².